The number of thiazole rings is 1. The third-order valence-corrected chi connectivity index (χ3v) is 3.88. The van der Waals surface area contributed by atoms with Crippen molar-refractivity contribution in [2.75, 3.05) is 4.90 Å². The van der Waals surface area contributed by atoms with E-state index in [1.54, 1.807) is 10.4 Å². The first kappa shape index (κ1) is 12.3. The van der Waals surface area contributed by atoms with Crippen molar-refractivity contribution in [2.45, 2.75) is 25.6 Å². The normalized spacial score (nSPS) is 21.9. The zero-order valence-electron chi connectivity index (χ0n) is 10.8. The summed E-state index contributed by atoms with van der Waals surface area (Å²) in [6.07, 6.45) is -0.198. The van der Waals surface area contributed by atoms with E-state index in [1.165, 1.54) is 11.3 Å². The Hall–Kier alpha value is -1.72. The summed E-state index contributed by atoms with van der Waals surface area (Å²) in [7, 11) is 0. The van der Waals surface area contributed by atoms with Crippen molar-refractivity contribution >= 4 is 22.9 Å². The molecule has 1 aromatic heterocycles. The molecular weight excluding hydrogens is 258 g/mol. The Morgan fingerprint density at radius 3 is 2.68 bits per heavy atom. The van der Waals surface area contributed by atoms with Crippen LogP contribution in [0.2, 0.25) is 0 Å². The molecule has 0 bridgehead atoms. The van der Waals surface area contributed by atoms with Crippen molar-refractivity contribution in [3.05, 3.63) is 46.9 Å². The summed E-state index contributed by atoms with van der Waals surface area (Å²) in [5, 5.41) is 5.33. The minimum absolute atomic E-state index is 0.0664. The van der Waals surface area contributed by atoms with Gasteiger partial charge in [-0.15, -0.1) is 11.3 Å². The number of carbonyl (C=O) groups excluding carboxylic acids is 1. The molecule has 98 valence electrons. The van der Waals surface area contributed by atoms with Crippen LogP contribution in [0.4, 0.5) is 5.69 Å². The summed E-state index contributed by atoms with van der Waals surface area (Å²) >= 11 is 1.54. The second-order valence-electron chi connectivity index (χ2n) is 5.10. The van der Waals surface area contributed by atoms with Crippen LogP contribution in [0.1, 0.15) is 25.7 Å². The summed E-state index contributed by atoms with van der Waals surface area (Å²) < 4.78 is 0. The van der Waals surface area contributed by atoms with E-state index in [-0.39, 0.29) is 12.1 Å². The number of amides is 1. The summed E-state index contributed by atoms with van der Waals surface area (Å²) in [4.78, 5) is 18.7. The number of rotatable bonds is 2. The molecule has 1 amide bonds. The van der Waals surface area contributed by atoms with Gasteiger partial charge in [-0.3, -0.25) is 15.0 Å². The average Bonchev–Trinajstić information content (AvgIpc) is 2.99. The number of benzene rings is 1. The number of para-hydroxylation sites is 1. The first-order valence-electron chi connectivity index (χ1n) is 6.14. The molecule has 1 aliphatic rings. The topological polar surface area (TPSA) is 45.2 Å². The smallest absolute Gasteiger partial charge is 0.248 e. The molecule has 1 saturated heterocycles. The van der Waals surface area contributed by atoms with Crippen LogP contribution >= 0.6 is 11.3 Å². The number of anilines is 1. The van der Waals surface area contributed by atoms with Crippen LogP contribution in [0.15, 0.2) is 41.2 Å². The summed E-state index contributed by atoms with van der Waals surface area (Å²) in [6.45, 7) is 3.80. The van der Waals surface area contributed by atoms with Crippen molar-refractivity contribution in [2.24, 2.45) is 0 Å². The maximum absolute atomic E-state index is 12.6. The molecule has 5 heteroatoms. The van der Waals surface area contributed by atoms with Crippen LogP contribution in [0, 0.1) is 0 Å². The first-order valence-corrected chi connectivity index (χ1v) is 7.08. The van der Waals surface area contributed by atoms with Crippen LogP contribution in [-0.4, -0.2) is 16.4 Å². The fourth-order valence-corrected chi connectivity index (χ4v) is 2.88. The largest absolute Gasteiger partial charge is 0.289 e. The Bertz CT molecular complexity index is 580. The van der Waals surface area contributed by atoms with Crippen LogP contribution < -0.4 is 10.2 Å². The van der Waals surface area contributed by atoms with Gasteiger partial charge < -0.3 is 0 Å². The van der Waals surface area contributed by atoms with E-state index in [2.05, 4.69) is 10.3 Å². The number of hydrogen-bond donors (Lipinski definition) is 1. The predicted octanol–water partition coefficient (Wildman–Crippen LogP) is 2.56. The molecule has 19 heavy (non-hydrogen) atoms. The van der Waals surface area contributed by atoms with Crippen LogP contribution in [0.5, 0.6) is 0 Å². The Morgan fingerprint density at radius 2 is 2.05 bits per heavy atom. The Labute approximate surface area is 116 Å². The van der Waals surface area contributed by atoms with Crippen molar-refractivity contribution in [1.82, 2.24) is 10.3 Å². The molecule has 3 rings (SSSR count). The summed E-state index contributed by atoms with van der Waals surface area (Å²) in [6, 6.07) is 9.71. The van der Waals surface area contributed by atoms with E-state index < -0.39 is 5.54 Å². The third kappa shape index (κ3) is 2.05. The van der Waals surface area contributed by atoms with Gasteiger partial charge in [0.05, 0.1) is 16.7 Å². The van der Waals surface area contributed by atoms with Gasteiger partial charge >= 0.3 is 0 Å². The van der Waals surface area contributed by atoms with Crippen LogP contribution in [0.25, 0.3) is 0 Å². The molecule has 0 saturated carbocycles. The van der Waals surface area contributed by atoms with Crippen molar-refractivity contribution < 1.29 is 4.79 Å². The average molecular weight is 273 g/mol. The van der Waals surface area contributed by atoms with Gasteiger partial charge in [-0.05, 0) is 26.0 Å². The minimum Gasteiger partial charge on any atom is -0.289 e. The Morgan fingerprint density at radius 1 is 1.32 bits per heavy atom. The lowest BCUT2D eigenvalue weighted by molar-refractivity contribution is -0.121. The van der Waals surface area contributed by atoms with Crippen LogP contribution in [0.3, 0.4) is 0 Å². The molecule has 2 aromatic rings. The molecule has 0 aliphatic carbocycles. The highest BCUT2D eigenvalue weighted by molar-refractivity contribution is 7.07. The molecule has 1 aromatic carbocycles. The molecule has 1 aliphatic heterocycles. The van der Waals surface area contributed by atoms with Gasteiger partial charge in [0.15, 0.2) is 0 Å². The second kappa shape index (κ2) is 4.43. The number of aromatic nitrogens is 1. The number of hydrogen-bond acceptors (Lipinski definition) is 4. The lowest BCUT2D eigenvalue weighted by Crippen LogP contribution is -2.40. The van der Waals surface area contributed by atoms with Gasteiger partial charge in [-0.1, -0.05) is 18.2 Å². The number of carbonyl (C=O) groups is 1. The third-order valence-electron chi connectivity index (χ3n) is 3.28. The Balaban J connectivity index is 2.05. The first-order chi connectivity index (χ1) is 9.09. The lowest BCUT2D eigenvalue weighted by atomic mass is 10.1. The highest BCUT2D eigenvalue weighted by Crippen LogP contribution is 2.34. The maximum atomic E-state index is 12.6. The molecule has 2 heterocycles. The van der Waals surface area contributed by atoms with Crippen LogP contribution in [-0.2, 0) is 4.79 Å². The van der Waals surface area contributed by atoms with Gasteiger partial charge in [0.2, 0.25) is 5.91 Å². The minimum atomic E-state index is -0.579. The molecular formula is C14H15N3OS. The molecule has 0 radical (unpaired) electrons. The van der Waals surface area contributed by atoms with Crippen molar-refractivity contribution in [3.63, 3.8) is 0 Å². The molecule has 4 nitrogen and oxygen atoms in total. The standard InChI is InChI=1S/C14H15N3OS/c1-14(2)13(18)17(10-6-4-3-5-7-10)12(16-14)11-8-19-9-15-11/h3-9,12,16H,1-2H3. The fraction of sp³-hybridized carbons (Fsp3) is 0.286. The van der Waals surface area contributed by atoms with Gasteiger partial charge in [0.1, 0.15) is 6.17 Å². The number of nitrogens with one attached hydrogen (secondary N) is 1. The SMILES string of the molecule is CC1(C)NC(c2cscn2)N(c2ccccc2)C1=O. The molecule has 1 atom stereocenters. The van der Waals surface area contributed by atoms with E-state index in [9.17, 15) is 4.79 Å². The monoisotopic (exact) mass is 273 g/mol. The Kier molecular flexibility index (Phi) is 2.88. The van der Waals surface area contributed by atoms with Gasteiger partial charge in [0, 0.05) is 11.1 Å². The molecule has 1 fully saturated rings. The van der Waals surface area contributed by atoms with E-state index in [0.717, 1.165) is 11.4 Å². The van der Waals surface area contributed by atoms with Crippen molar-refractivity contribution in [1.29, 1.82) is 0 Å². The summed E-state index contributed by atoms with van der Waals surface area (Å²) in [5.41, 5.74) is 2.98. The van der Waals surface area contributed by atoms with E-state index in [4.69, 9.17) is 0 Å². The highest BCUT2D eigenvalue weighted by atomic mass is 32.1. The van der Waals surface area contributed by atoms with E-state index in [1.807, 2.05) is 49.6 Å². The predicted molar refractivity (Wildman–Crippen MR) is 76.0 cm³/mol. The van der Waals surface area contributed by atoms with Gasteiger partial charge in [-0.25, -0.2) is 4.98 Å². The zero-order chi connectivity index (χ0) is 13.5. The van der Waals surface area contributed by atoms with E-state index >= 15 is 0 Å². The second-order valence-corrected chi connectivity index (χ2v) is 5.81. The van der Waals surface area contributed by atoms with E-state index in [0.29, 0.717) is 0 Å². The lowest BCUT2D eigenvalue weighted by Gasteiger charge is -2.22. The maximum Gasteiger partial charge on any atom is 0.248 e. The molecule has 0 spiro atoms. The quantitative estimate of drug-likeness (QED) is 0.914. The van der Waals surface area contributed by atoms with Gasteiger partial charge in [0.25, 0.3) is 0 Å². The summed E-state index contributed by atoms with van der Waals surface area (Å²) in [5.74, 6) is 0.0664. The van der Waals surface area contributed by atoms with Crippen molar-refractivity contribution in [3.8, 4) is 0 Å². The fourth-order valence-electron chi connectivity index (χ4n) is 2.30. The highest BCUT2D eigenvalue weighted by Gasteiger charge is 2.46. The van der Waals surface area contributed by atoms with Gasteiger partial charge in [-0.2, -0.15) is 0 Å². The zero-order valence-corrected chi connectivity index (χ0v) is 11.6. The molecule has 1 N–H and O–H groups in total. The number of nitrogens with zero attached hydrogens (tertiary/aromatic N) is 2. The molecule has 1 unspecified atom stereocenters.